The summed E-state index contributed by atoms with van der Waals surface area (Å²) in [5.74, 6) is -0.0601. The van der Waals surface area contributed by atoms with Crippen LogP contribution in [0.25, 0.3) is 11.4 Å². The van der Waals surface area contributed by atoms with Gasteiger partial charge in [-0.2, -0.15) is 4.98 Å². The molecule has 2 rings (SSSR count). The van der Waals surface area contributed by atoms with Crippen LogP contribution < -0.4 is 11.3 Å². The summed E-state index contributed by atoms with van der Waals surface area (Å²) in [6, 6.07) is 7.96. The molecule has 4 N–H and O–H groups in total. The van der Waals surface area contributed by atoms with E-state index in [1.54, 1.807) is 24.3 Å². The molecule has 0 unspecified atom stereocenters. The van der Waals surface area contributed by atoms with Crippen molar-refractivity contribution in [1.82, 2.24) is 9.97 Å². The molecule has 1 aromatic carbocycles. The van der Waals surface area contributed by atoms with Crippen molar-refractivity contribution in [3.05, 3.63) is 40.7 Å². The number of aromatic nitrogens is 2. The van der Waals surface area contributed by atoms with E-state index in [4.69, 9.17) is 5.73 Å². The predicted octanol–water partition coefficient (Wildman–Crippen LogP) is 1.15. The summed E-state index contributed by atoms with van der Waals surface area (Å²) in [5.41, 5.74) is 6.37. The summed E-state index contributed by atoms with van der Waals surface area (Å²) in [6.07, 6.45) is 0. The van der Waals surface area contributed by atoms with E-state index < -0.39 is 5.56 Å². The van der Waals surface area contributed by atoms with Gasteiger partial charge >= 0.3 is 0 Å². The van der Waals surface area contributed by atoms with E-state index in [9.17, 15) is 9.90 Å². The van der Waals surface area contributed by atoms with Crippen molar-refractivity contribution >= 4 is 18.1 Å². The van der Waals surface area contributed by atoms with Crippen molar-refractivity contribution in [3.8, 4) is 17.3 Å². The van der Waals surface area contributed by atoms with Gasteiger partial charge in [-0.25, -0.2) is 0 Å². The number of nitrogen functional groups attached to an aromatic ring is 1. The van der Waals surface area contributed by atoms with Crippen LogP contribution in [-0.4, -0.2) is 15.1 Å². The number of H-pyrrole nitrogens is 1. The molecule has 0 aliphatic rings. The fraction of sp³-hybridized carbons (Fsp3) is 0. The van der Waals surface area contributed by atoms with Crippen LogP contribution in [0, 0.1) is 0 Å². The Hall–Kier alpha value is -2.01. The summed E-state index contributed by atoms with van der Waals surface area (Å²) in [6.45, 7) is 0. The van der Waals surface area contributed by atoms with Crippen molar-refractivity contribution in [2.75, 3.05) is 5.73 Å². The average Bonchev–Trinajstić information content (AvgIpc) is 2.16. The molecule has 0 atom stereocenters. The third-order valence-electron chi connectivity index (χ3n) is 1.94. The summed E-state index contributed by atoms with van der Waals surface area (Å²) in [7, 11) is 0. The maximum absolute atomic E-state index is 11.1. The van der Waals surface area contributed by atoms with Gasteiger partial charge in [0.25, 0.3) is 5.56 Å². The standard InChI is InChI=1S/C10H9N3O2.ClH/c11-7-4-2-1-3-6(7)10-12-8(14)5-9(15)13-10;/h1-5H,11H2,(H2,12,13,14,15);1H. The van der Waals surface area contributed by atoms with Gasteiger partial charge in [-0.05, 0) is 12.1 Å². The summed E-state index contributed by atoms with van der Waals surface area (Å²) in [5, 5.41) is 9.17. The van der Waals surface area contributed by atoms with Gasteiger partial charge in [0, 0.05) is 11.3 Å². The van der Waals surface area contributed by atoms with Gasteiger partial charge in [-0.1, -0.05) is 12.1 Å². The first-order valence-electron chi connectivity index (χ1n) is 4.32. The molecule has 0 radical (unpaired) electrons. The van der Waals surface area contributed by atoms with Gasteiger partial charge < -0.3 is 15.8 Å². The number of benzene rings is 1. The largest absolute Gasteiger partial charge is 0.493 e. The highest BCUT2D eigenvalue weighted by Gasteiger charge is 2.05. The lowest BCUT2D eigenvalue weighted by Gasteiger charge is -2.03. The Morgan fingerprint density at radius 1 is 1.31 bits per heavy atom. The molecule has 0 aliphatic carbocycles. The van der Waals surface area contributed by atoms with Crippen LogP contribution in [0.3, 0.4) is 0 Å². The summed E-state index contributed by atoms with van der Waals surface area (Å²) < 4.78 is 0. The van der Waals surface area contributed by atoms with E-state index in [-0.39, 0.29) is 24.1 Å². The van der Waals surface area contributed by atoms with Gasteiger partial charge in [0.05, 0.1) is 6.07 Å². The number of halogens is 1. The zero-order valence-corrected chi connectivity index (χ0v) is 8.99. The van der Waals surface area contributed by atoms with Crippen LogP contribution in [-0.2, 0) is 0 Å². The molecule has 0 fully saturated rings. The molecule has 0 spiro atoms. The van der Waals surface area contributed by atoms with Crippen LogP contribution in [0.2, 0.25) is 0 Å². The van der Waals surface area contributed by atoms with Crippen LogP contribution in [0.1, 0.15) is 0 Å². The van der Waals surface area contributed by atoms with Gasteiger partial charge in [-0.3, -0.25) is 4.79 Å². The van der Waals surface area contributed by atoms with E-state index in [0.29, 0.717) is 11.3 Å². The highest BCUT2D eigenvalue weighted by atomic mass is 35.5. The molecule has 5 nitrogen and oxygen atoms in total. The van der Waals surface area contributed by atoms with Crippen molar-refractivity contribution < 1.29 is 5.11 Å². The Morgan fingerprint density at radius 2 is 2.00 bits per heavy atom. The Kier molecular flexibility index (Phi) is 3.52. The third-order valence-corrected chi connectivity index (χ3v) is 1.94. The van der Waals surface area contributed by atoms with E-state index >= 15 is 0 Å². The number of nitrogens with one attached hydrogen (secondary N) is 1. The van der Waals surface area contributed by atoms with Gasteiger partial charge in [0.15, 0.2) is 0 Å². The van der Waals surface area contributed by atoms with Crippen LogP contribution in [0.4, 0.5) is 5.69 Å². The Balaban J connectivity index is 0.00000128. The number of anilines is 1. The van der Waals surface area contributed by atoms with Crippen molar-refractivity contribution in [1.29, 1.82) is 0 Å². The molecule has 0 saturated heterocycles. The fourth-order valence-corrected chi connectivity index (χ4v) is 1.29. The molecule has 1 aromatic heterocycles. The molecule has 0 amide bonds. The smallest absolute Gasteiger partial charge is 0.254 e. The minimum absolute atomic E-state index is 0. The molecule has 2 aromatic rings. The Morgan fingerprint density at radius 3 is 2.62 bits per heavy atom. The van der Waals surface area contributed by atoms with Gasteiger partial charge in [-0.15, -0.1) is 12.4 Å². The second kappa shape index (κ2) is 4.67. The number of nitrogens with two attached hydrogens (primary N) is 1. The molecule has 0 bridgehead atoms. The minimum Gasteiger partial charge on any atom is -0.493 e. The fourth-order valence-electron chi connectivity index (χ4n) is 1.29. The zero-order chi connectivity index (χ0) is 10.8. The summed E-state index contributed by atoms with van der Waals surface area (Å²) in [4.78, 5) is 17.4. The second-order valence-corrected chi connectivity index (χ2v) is 3.04. The molecule has 0 saturated carbocycles. The zero-order valence-electron chi connectivity index (χ0n) is 8.18. The number of hydrogen-bond acceptors (Lipinski definition) is 4. The van der Waals surface area contributed by atoms with E-state index in [1.165, 1.54) is 0 Å². The topological polar surface area (TPSA) is 92.0 Å². The lowest BCUT2D eigenvalue weighted by Crippen LogP contribution is -2.07. The molecule has 6 heteroatoms. The molecule has 0 aliphatic heterocycles. The van der Waals surface area contributed by atoms with Crippen molar-refractivity contribution in [2.45, 2.75) is 0 Å². The van der Waals surface area contributed by atoms with E-state index in [2.05, 4.69) is 9.97 Å². The third kappa shape index (κ3) is 2.32. The maximum atomic E-state index is 11.1. The predicted molar refractivity (Wildman–Crippen MR) is 63.6 cm³/mol. The number of rotatable bonds is 1. The minimum atomic E-state index is -0.416. The maximum Gasteiger partial charge on any atom is 0.254 e. The number of aromatic hydroxyl groups is 1. The van der Waals surface area contributed by atoms with Crippen molar-refractivity contribution in [3.63, 3.8) is 0 Å². The van der Waals surface area contributed by atoms with Gasteiger partial charge in [0.1, 0.15) is 5.82 Å². The van der Waals surface area contributed by atoms with E-state index in [0.717, 1.165) is 6.07 Å². The number of nitrogens with zero attached hydrogens (tertiary/aromatic N) is 1. The van der Waals surface area contributed by atoms with E-state index in [1.807, 2.05) is 0 Å². The first-order chi connectivity index (χ1) is 7.16. The lowest BCUT2D eigenvalue weighted by molar-refractivity contribution is 0.452. The van der Waals surface area contributed by atoms with Gasteiger partial charge in [0.2, 0.25) is 5.88 Å². The second-order valence-electron chi connectivity index (χ2n) is 3.04. The summed E-state index contributed by atoms with van der Waals surface area (Å²) >= 11 is 0. The van der Waals surface area contributed by atoms with Crippen LogP contribution >= 0.6 is 12.4 Å². The average molecular weight is 240 g/mol. The van der Waals surface area contributed by atoms with Crippen molar-refractivity contribution in [2.24, 2.45) is 0 Å². The first-order valence-corrected chi connectivity index (χ1v) is 4.32. The first kappa shape index (κ1) is 12.1. The molecular weight excluding hydrogens is 230 g/mol. The normalized spacial score (nSPS) is 9.50. The highest BCUT2D eigenvalue weighted by molar-refractivity contribution is 5.85. The molecular formula is C10H10ClN3O2. The lowest BCUT2D eigenvalue weighted by atomic mass is 10.1. The van der Waals surface area contributed by atoms with Crippen LogP contribution in [0.15, 0.2) is 35.1 Å². The molecule has 16 heavy (non-hydrogen) atoms. The highest BCUT2D eigenvalue weighted by Crippen LogP contribution is 2.21. The number of para-hydroxylation sites is 1. The number of aromatic amines is 1. The Labute approximate surface area is 97.4 Å². The molecule has 1 heterocycles. The molecule has 84 valence electrons. The SMILES string of the molecule is Cl.Nc1ccccc1-c1nc(O)cc(=O)[nH]1. The monoisotopic (exact) mass is 239 g/mol. The van der Waals surface area contributed by atoms with Crippen LogP contribution in [0.5, 0.6) is 5.88 Å². The Bertz CT molecular complexity index is 554. The quantitative estimate of drug-likeness (QED) is 0.651. The number of hydrogen-bond donors (Lipinski definition) is 3.